The Hall–Kier alpha value is -3.12. The van der Waals surface area contributed by atoms with Crippen LogP contribution in [0.4, 0.5) is 0 Å². The van der Waals surface area contributed by atoms with Gasteiger partial charge in [0.1, 0.15) is 0 Å². The lowest BCUT2D eigenvalue weighted by molar-refractivity contribution is -0.122. The Morgan fingerprint density at radius 1 is 1.03 bits per heavy atom. The van der Waals surface area contributed by atoms with Gasteiger partial charge < -0.3 is 19.5 Å². The highest BCUT2D eigenvalue weighted by Gasteiger charge is 2.22. The van der Waals surface area contributed by atoms with Crippen molar-refractivity contribution in [3.05, 3.63) is 53.6 Å². The Bertz CT molecular complexity index is 1080. The molecule has 1 aliphatic carbocycles. The second kappa shape index (κ2) is 11.1. The number of pyridine rings is 1. The molecule has 2 heterocycles. The van der Waals surface area contributed by atoms with Crippen LogP contribution in [0.1, 0.15) is 36.8 Å². The number of fused-ring (bicyclic) bond motifs is 3. The van der Waals surface area contributed by atoms with E-state index in [4.69, 9.17) is 24.4 Å². The maximum atomic E-state index is 8.36. The third-order valence-electron chi connectivity index (χ3n) is 6.47. The molecule has 1 aliphatic heterocycles. The van der Waals surface area contributed by atoms with Crippen molar-refractivity contribution in [3.63, 3.8) is 0 Å². The Morgan fingerprint density at radius 2 is 1.76 bits per heavy atom. The molecule has 1 N–H and O–H groups in total. The second-order valence-electron chi connectivity index (χ2n) is 8.51. The van der Waals surface area contributed by atoms with Gasteiger partial charge in [0.05, 0.1) is 24.9 Å². The molecule has 0 unspecified atom stereocenters. The summed E-state index contributed by atoms with van der Waals surface area (Å²) in [5.41, 5.74) is 6.15. The van der Waals surface area contributed by atoms with Crippen molar-refractivity contribution in [2.24, 2.45) is 0 Å². The van der Waals surface area contributed by atoms with Crippen molar-refractivity contribution in [2.45, 2.75) is 38.5 Å². The van der Waals surface area contributed by atoms with Crippen LogP contribution in [-0.4, -0.2) is 54.8 Å². The first-order chi connectivity index (χ1) is 16.2. The molecule has 0 saturated carbocycles. The van der Waals surface area contributed by atoms with E-state index in [0.717, 1.165) is 48.5 Å². The zero-order valence-corrected chi connectivity index (χ0v) is 19.3. The van der Waals surface area contributed by atoms with Gasteiger partial charge >= 0.3 is 0 Å². The van der Waals surface area contributed by atoms with Crippen molar-refractivity contribution < 1.29 is 19.4 Å². The molecule has 0 amide bonds. The fourth-order valence-electron chi connectivity index (χ4n) is 4.96. The highest BCUT2D eigenvalue weighted by molar-refractivity contribution is 5.90. The lowest BCUT2D eigenvalue weighted by atomic mass is 9.98. The van der Waals surface area contributed by atoms with E-state index in [2.05, 4.69) is 47.4 Å². The number of carboxylic acid groups (broad SMARTS) is 1. The first kappa shape index (κ1) is 23.1. The van der Waals surface area contributed by atoms with Crippen molar-refractivity contribution in [1.29, 1.82) is 0 Å². The van der Waals surface area contributed by atoms with Crippen LogP contribution in [0.5, 0.6) is 11.5 Å². The minimum absolute atomic E-state index is 0.250. The van der Waals surface area contributed by atoms with Crippen molar-refractivity contribution >= 4 is 17.4 Å². The van der Waals surface area contributed by atoms with Crippen LogP contribution in [0.15, 0.2) is 42.5 Å². The molecule has 6 heteroatoms. The summed E-state index contributed by atoms with van der Waals surface area (Å²) in [6.07, 6.45) is 7.09. The van der Waals surface area contributed by atoms with E-state index in [1.165, 1.54) is 54.4 Å². The number of aryl methyl sites for hydroxylation is 1. The normalized spacial score (nSPS) is 15.1. The minimum Gasteiger partial charge on any atom is -0.493 e. The lowest BCUT2D eigenvalue weighted by Crippen LogP contribution is -2.21. The first-order valence-corrected chi connectivity index (χ1v) is 11.8. The van der Waals surface area contributed by atoms with Crippen LogP contribution in [-0.2, 0) is 17.6 Å². The molecule has 1 saturated heterocycles. The number of rotatable bonds is 7. The summed E-state index contributed by atoms with van der Waals surface area (Å²) in [6.45, 7) is 4.03. The van der Waals surface area contributed by atoms with Gasteiger partial charge in [0, 0.05) is 23.6 Å². The van der Waals surface area contributed by atoms with Gasteiger partial charge in [0.15, 0.2) is 11.5 Å². The van der Waals surface area contributed by atoms with Gasteiger partial charge in [-0.25, -0.2) is 4.98 Å². The van der Waals surface area contributed by atoms with E-state index in [-0.39, 0.29) is 6.47 Å². The Labute approximate surface area is 195 Å². The van der Waals surface area contributed by atoms with Crippen molar-refractivity contribution in [1.82, 2.24) is 9.88 Å². The van der Waals surface area contributed by atoms with Crippen LogP contribution >= 0.6 is 0 Å². The Balaban J connectivity index is 0.000000821. The molecule has 174 valence electrons. The number of likely N-dealkylation sites (tertiary alicyclic amines) is 1. The zero-order chi connectivity index (χ0) is 23.0. The standard InChI is InChI=1S/C26H30N2O2.CH2O2/c1-29-24-17-22-20-11-7-12-21(20)26(19-9-3-2-4-10-19)27-23(22)18-25(24)30-16-8-15-28-13-5-6-14-28;2-1-3/h2-4,9-10,17-18H,5-8,11-16H2,1H3;1H,(H,2,3). The molecule has 0 spiro atoms. The van der Waals surface area contributed by atoms with E-state index in [1.54, 1.807) is 7.11 Å². The fraction of sp³-hybridized carbons (Fsp3) is 0.407. The molecular formula is C27H32N2O4. The zero-order valence-electron chi connectivity index (χ0n) is 19.3. The number of carbonyl (C=O) groups is 1. The summed E-state index contributed by atoms with van der Waals surface area (Å²) in [6, 6.07) is 14.8. The summed E-state index contributed by atoms with van der Waals surface area (Å²) in [5, 5.41) is 8.10. The Kier molecular flexibility index (Phi) is 7.79. The maximum absolute atomic E-state index is 8.36. The van der Waals surface area contributed by atoms with Crippen LogP contribution in [0.2, 0.25) is 0 Å². The molecule has 0 radical (unpaired) electrons. The average Bonchev–Trinajstić information content (AvgIpc) is 3.54. The predicted octanol–water partition coefficient (Wildman–Crippen LogP) is 4.96. The predicted molar refractivity (Wildman–Crippen MR) is 130 cm³/mol. The number of aromatic nitrogens is 1. The Morgan fingerprint density at radius 3 is 2.48 bits per heavy atom. The van der Waals surface area contributed by atoms with Crippen LogP contribution in [0.25, 0.3) is 22.2 Å². The number of ether oxygens (including phenoxy) is 2. The molecule has 0 bridgehead atoms. The van der Waals surface area contributed by atoms with Gasteiger partial charge in [-0.1, -0.05) is 30.3 Å². The highest BCUT2D eigenvalue weighted by Crippen LogP contribution is 2.40. The molecule has 6 nitrogen and oxygen atoms in total. The van der Waals surface area contributed by atoms with E-state index in [1.807, 2.05) is 0 Å². The summed E-state index contributed by atoms with van der Waals surface area (Å²) >= 11 is 0. The number of methoxy groups -OCH3 is 1. The number of hydrogen-bond donors (Lipinski definition) is 1. The highest BCUT2D eigenvalue weighted by atomic mass is 16.5. The van der Waals surface area contributed by atoms with Crippen LogP contribution in [0, 0.1) is 0 Å². The van der Waals surface area contributed by atoms with E-state index < -0.39 is 0 Å². The largest absolute Gasteiger partial charge is 0.493 e. The van der Waals surface area contributed by atoms with Gasteiger partial charge in [-0.05, 0) is 68.8 Å². The summed E-state index contributed by atoms with van der Waals surface area (Å²) in [5.74, 6) is 1.61. The quantitative estimate of drug-likeness (QED) is 0.407. The average molecular weight is 449 g/mol. The van der Waals surface area contributed by atoms with Crippen LogP contribution in [0.3, 0.4) is 0 Å². The number of nitrogens with zero attached hydrogens (tertiary/aromatic N) is 2. The molecule has 0 atom stereocenters. The molecule has 2 aliphatic rings. The molecule has 3 aromatic rings. The van der Waals surface area contributed by atoms with Gasteiger partial charge in [0.25, 0.3) is 6.47 Å². The van der Waals surface area contributed by atoms with Gasteiger partial charge in [-0.2, -0.15) is 0 Å². The van der Waals surface area contributed by atoms with Crippen molar-refractivity contribution in [3.8, 4) is 22.8 Å². The number of benzene rings is 2. The van der Waals surface area contributed by atoms with Gasteiger partial charge in [-0.3, -0.25) is 4.79 Å². The summed E-state index contributed by atoms with van der Waals surface area (Å²) < 4.78 is 11.9. The molecule has 2 aromatic carbocycles. The molecule has 33 heavy (non-hydrogen) atoms. The smallest absolute Gasteiger partial charge is 0.290 e. The van der Waals surface area contributed by atoms with Gasteiger partial charge in [-0.15, -0.1) is 0 Å². The third kappa shape index (κ3) is 5.28. The maximum Gasteiger partial charge on any atom is 0.290 e. The monoisotopic (exact) mass is 448 g/mol. The topological polar surface area (TPSA) is 71.9 Å². The lowest BCUT2D eigenvalue weighted by Gasteiger charge is -2.17. The minimum atomic E-state index is -0.250. The van der Waals surface area contributed by atoms with E-state index in [9.17, 15) is 0 Å². The third-order valence-corrected chi connectivity index (χ3v) is 6.47. The molecular weight excluding hydrogens is 416 g/mol. The second-order valence-corrected chi connectivity index (χ2v) is 8.51. The number of hydrogen-bond acceptors (Lipinski definition) is 5. The van der Waals surface area contributed by atoms with Crippen molar-refractivity contribution in [2.75, 3.05) is 33.4 Å². The molecule has 1 aromatic heterocycles. The first-order valence-electron chi connectivity index (χ1n) is 11.8. The molecule has 1 fully saturated rings. The summed E-state index contributed by atoms with van der Waals surface area (Å²) in [7, 11) is 1.73. The van der Waals surface area contributed by atoms with Crippen LogP contribution < -0.4 is 9.47 Å². The molecule has 5 rings (SSSR count). The van der Waals surface area contributed by atoms with E-state index in [0.29, 0.717) is 6.61 Å². The SMILES string of the molecule is COc1cc2c3c(c(-c4ccccc4)nc2cc1OCCCN1CCCC1)CCC3.O=CO. The van der Waals surface area contributed by atoms with E-state index >= 15 is 0 Å². The fourth-order valence-corrected chi connectivity index (χ4v) is 4.96. The van der Waals surface area contributed by atoms with Gasteiger partial charge in [0.2, 0.25) is 0 Å². The summed E-state index contributed by atoms with van der Waals surface area (Å²) in [4.78, 5) is 16.0.